The highest BCUT2D eigenvalue weighted by molar-refractivity contribution is 9.10. The number of rotatable bonds is 1. The number of aromatic nitrogens is 1. The van der Waals surface area contributed by atoms with Gasteiger partial charge in [-0.3, -0.25) is 4.98 Å². The summed E-state index contributed by atoms with van der Waals surface area (Å²) in [6.45, 7) is 0. The van der Waals surface area contributed by atoms with E-state index in [-0.39, 0.29) is 6.10 Å². The summed E-state index contributed by atoms with van der Waals surface area (Å²) in [4.78, 5) is 4.33. The number of benzene rings is 1. The number of hydrogen-bond donors (Lipinski definition) is 1. The molecule has 2 heterocycles. The van der Waals surface area contributed by atoms with Gasteiger partial charge >= 0.3 is 0 Å². The second kappa shape index (κ2) is 5.23. The van der Waals surface area contributed by atoms with Gasteiger partial charge in [0.1, 0.15) is 11.9 Å². The summed E-state index contributed by atoms with van der Waals surface area (Å²) in [6, 6.07) is 9.50. The normalized spacial score (nSPS) is 21.6. The first-order chi connectivity index (χ1) is 9.13. The number of aliphatic hydroxyl groups excluding tert-OH is 1. The fourth-order valence-corrected chi connectivity index (χ4v) is 2.79. The number of ether oxygens (including phenoxy) is 1. The molecule has 1 aliphatic heterocycles. The summed E-state index contributed by atoms with van der Waals surface area (Å²) < 4.78 is 7.79. The van der Waals surface area contributed by atoms with Gasteiger partial charge in [0.2, 0.25) is 0 Å². The lowest BCUT2D eigenvalue weighted by Gasteiger charge is -2.29. The summed E-state index contributed by atoms with van der Waals surface area (Å²) in [6.07, 6.45) is 1.51. The number of fused-ring (bicyclic) bond motifs is 1. The zero-order valence-corrected chi connectivity index (χ0v) is 13.1. The summed E-state index contributed by atoms with van der Waals surface area (Å²) in [7, 11) is 0. The van der Waals surface area contributed by atoms with E-state index in [4.69, 9.17) is 4.74 Å². The third-order valence-electron chi connectivity index (χ3n) is 3.12. The molecule has 0 amide bonds. The minimum absolute atomic E-state index is 0.211. The summed E-state index contributed by atoms with van der Waals surface area (Å²) in [5.41, 5.74) is 1.65. The maximum absolute atomic E-state index is 10.2. The highest BCUT2D eigenvalue weighted by Gasteiger charge is 2.28. The molecule has 1 aliphatic rings. The second-order valence-corrected chi connectivity index (χ2v) is 6.27. The first-order valence-corrected chi connectivity index (χ1v) is 7.48. The van der Waals surface area contributed by atoms with Crippen molar-refractivity contribution >= 4 is 31.9 Å². The predicted molar refractivity (Wildman–Crippen MR) is 79.0 cm³/mol. The topological polar surface area (TPSA) is 42.4 Å². The first kappa shape index (κ1) is 13.1. The van der Waals surface area contributed by atoms with Gasteiger partial charge in [0.25, 0.3) is 0 Å². The Labute approximate surface area is 127 Å². The smallest absolute Gasteiger partial charge is 0.143 e. The highest BCUT2D eigenvalue weighted by Crippen LogP contribution is 2.41. The maximum Gasteiger partial charge on any atom is 0.143 e. The fourth-order valence-electron chi connectivity index (χ4n) is 2.18. The minimum Gasteiger partial charge on any atom is -0.484 e. The van der Waals surface area contributed by atoms with Crippen LogP contribution in [0.2, 0.25) is 0 Å². The molecule has 3 rings (SSSR count). The monoisotopic (exact) mass is 383 g/mol. The summed E-state index contributed by atoms with van der Waals surface area (Å²) in [5.74, 6) is 0.719. The molecule has 19 heavy (non-hydrogen) atoms. The van der Waals surface area contributed by atoms with Crippen LogP contribution in [0.15, 0.2) is 45.5 Å². The molecule has 98 valence electrons. The minimum atomic E-state index is -0.531. The Morgan fingerprint density at radius 1 is 1.16 bits per heavy atom. The molecule has 1 unspecified atom stereocenters. The zero-order valence-electron chi connectivity index (χ0n) is 9.88. The third kappa shape index (κ3) is 2.68. The van der Waals surface area contributed by atoms with Crippen molar-refractivity contribution < 1.29 is 9.84 Å². The van der Waals surface area contributed by atoms with Crippen LogP contribution in [-0.4, -0.2) is 10.1 Å². The van der Waals surface area contributed by atoms with Crippen LogP contribution >= 0.6 is 31.9 Å². The molecule has 3 nitrogen and oxygen atoms in total. The van der Waals surface area contributed by atoms with Crippen LogP contribution in [0, 0.1) is 0 Å². The quantitative estimate of drug-likeness (QED) is 0.802. The molecule has 0 aliphatic carbocycles. The molecular weight excluding hydrogens is 374 g/mol. The predicted octanol–water partition coefficient (Wildman–Crippen LogP) is 4.16. The van der Waals surface area contributed by atoms with Gasteiger partial charge in [0.05, 0.1) is 11.8 Å². The van der Waals surface area contributed by atoms with E-state index >= 15 is 0 Å². The highest BCUT2D eigenvalue weighted by atomic mass is 79.9. The first-order valence-electron chi connectivity index (χ1n) is 5.89. The summed E-state index contributed by atoms with van der Waals surface area (Å²) >= 11 is 6.76. The van der Waals surface area contributed by atoms with Crippen LogP contribution < -0.4 is 4.74 Å². The molecule has 1 N–H and O–H groups in total. The zero-order chi connectivity index (χ0) is 13.4. The number of aliphatic hydroxyl groups is 1. The van der Waals surface area contributed by atoms with Gasteiger partial charge in [-0.05, 0) is 46.3 Å². The lowest BCUT2D eigenvalue weighted by molar-refractivity contribution is 0.0636. The van der Waals surface area contributed by atoms with Gasteiger partial charge in [-0.2, -0.15) is 0 Å². The van der Waals surface area contributed by atoms with Crippen LogP contribution in [0.5, 0.6) is 5.75 Å². The fraction of sp³-hybridized carbons (Fsp3) is 0.214. The van der Waals surface area contributed by atoms with E-state index < -0.39 is 6.10 Å². The van der Waals surface area contributed by atoms with E-state index in [9.17, 15) is 5.11 Å². The van der Waals surface area contributed by atoms with E-state index in [0.717, 1.165) is 26.0 Å². The summed E-state index contributed by atoms with van der Waals surface area (Å²) in [5, 5.41) is 10.2. The van der Waals surface area contributed by atoms with Crippen LogP contribution in [0.25, 0.3) is 0 Å². The Bertz CT molecular complexity index is 601. The van der Waals surface area contributed by atoms with Gasteiger partial charge in [-0.1, -0.05) is 15.9 Å². The van der Waals surface area contributed by atoms with Crippen molar-refractivity contribution in [3.63, 3.8) is 0 Å². The van der Waals surface area contributed by atoms with E-state index in [1.807, 2.05) is 30.3 Å². The third-order valence-corrected chi connectivity index (χ3v) is 4.08. The van der Waals surface area contributed by atoms with Crippen molar-refractivity contribution in [2.24, 2.45) is 0 Å². The van der Waals surface area contributed by atoms with Gasteiger partial charge in [-0.15, -0.1) is 0 Å². The number of pyridine rings is 1. The van der Waals surface area contributed by atoms with Crippen molar-refractivity contribution in [2.45, 2.75) is 18.6 Å². The van der Waals surface area contributed by atoms with Crippen LogP contribution in [0.4, 0.5) is 0 Å². The van der Waals surface area contributed by atoms with E-state index in [0.29, 0.717) is 6.42 Å². The molecule has 0 bridgehead atoms. The van der Waals surface area contributed by atoms with Gasteiger partial charge in [0, 0.05) is 27.1 Å². The largest absolute Gasteiger partial charge is 0.484 e. The average molecular weight is 385 g/mol. The van der Waals surface area contributed by atoms with Gasteiger partial charge in [0.15, 0.2) is 0 Å². The molecular formula is C14H11Br2NO2. The molecule has 2 aromatic rings. The molecule has 0 spiro atoms. The van der Waals surface area contributed by atoms with Crippen molar-refractivity contribution in [1.29, 1.82) is 0 Å². The van der Waals surface area contributed by atoms with Crippen molar-refractivity contribution in [3.8, 4) is 5.75 Å². The average Bonchev–Trinajstić information content (AvgIpc) is 2.40. The van der Waals surface area contributed by atoms with Gasteiger partial charge in [-0.25, -0.2) is 0 Å². The van der Waals surface area contributed by atoms with E-state index in [1.54, 1.807) is 6.20 Å². The maximum atomic E-state index is 10.2. The standard InChI is InChI=1S/C14H11Br2NO2/c15-8-2-4-13-10(5-8)12(18)6-14(19-13)11-3-1-9(16)7-17-11/h1-5,7,12,14,18H,6H2/t12-,14?/m0/s1. The second-order valence-electron chi connectivity index (χ2n) is 4.44. The molecule has 5 heteroatoms. The molecule has 0 saturated carbocycles. The van der Waals surface area contributed by atoms with Crippen LogP contribution in [0.1, 0.15) is 29.9 Å². The van der Waals surface area contributed by atoms with Crippen LogP contribution in [0.3, 0.4) is 0 Å². The molecule has 1 aromatic heterocycles. The molecule has 0 fully saturated rings. The number of nitrogens with zero attached hydrogens (tertiary/aromatic N) is 1. The molecule has 0 saturated heterocycles. The van der Waals surface area contributed by atoms with Crippen molar-refractivity contribution in [1.82, 2.24) is 4.98 Å². The van der Waals surface area contributed by atoms with E-state index in [2.05, 4.69) is 36.8 Å². The number of halogens is 2. The van der Waals surface area contributed by atoms with E-state index in [1.165, 1.54) is 0 Å². The van der Waals surface area contributed by atoms with Gasteiger partial charge < -0.3 is 9.84 Å². The Hall–Kier alpha value is -0.910. The number of hydrogen-bond acceptors (Lipinski definition) is 3. The van der Waals surface area contributed by atoms with Crippen LogP contribution in [-0.2, 0) is 0 Å². The molecule has 2 atom stereocenters. The Balaban J connectivity index is 1.92. The van der Waals surface area contributed by atoms with Crippen molar-refractivity contribution in [2.75, 3.05) is 0 Å². The Morgan fingerprint density at radius 3 is 2.68 bits per heavy atom. The molecule has 0 radical (unpaired) electrons. The Morgan fingerprint density at radius 2 is 1.95 bits per heavy atom. The lowest BCUT2D eigenvalue weighted by atomic mass is 9.97. The molecule has 1 aromatic carbocycles. The Kier molecular flexibility index (Phi) is 3.60. The van der Waals surface area contributed by atoms with Crippen molar-refractivity contribution in [3.05, 3.63) is 56.7 Å². The lowest BCUT2D eigenvalue weighted by Crippen LogP contribution is -2.19. The SMILES string of the molecule is O[C@H]1CC(c2ccc(Br)cn2)Oc2ccc(Br)cc21.